The molecule has 0 radical (unpaired) electrons. The Hall–Kier alpha value is -2.63. The molecular weight excluding hydrogens is 308 g/mol. The third-order valence-corrected chi connectivity index (χ3v) is 4.10. The van der Waals surface area contributed by atoms with Gasteiger partial charge in [0, 0.05) is 19.8 Å². The fourth-order valence-electron chi connectivity index (χ4n) is 2.75. The minimum Gasteiger partial charge on any atom is -0.465 e. The number of nitrogens with zero attached hydrogens (tertiary/aromatic N) is 1. The topological polar surface area (TPSA) is 75.7 Å². The van der Waals surface area contributed by atoms with E-state index in [1.807, 2.05) is 12.2 Å². The third-order valence-electron chi connectivity index (χ3n) is 4.10. The van der Waals surface area contributed by atoms with E-state index >= 15 is 0 Å². The molecule has 0 bridgehead atoms. The zero-order valence-electron chi connectivity index (χ0n) is 14.1. The van der Waals surface area contributed by atoms with Gasteiger partial charge in [0.25, 0.3) is 0 Å². The van der Waals surface area contributed by atoms with Gasteiger partial charge in [-0.15, -0.1) is 0 Å². The smallest absolute Gasteiger partial charge is 0.337 e. The van der Waals surface area contributed by atoms with E-state index < -0.39 is 11.9 Å². The van der Waals surface area contributed by atoms with Crippen LogP contribution in [0.5, 0.6) is 0 Å². The van der Waals surface area contributed by atoms with Crippen molar-refractivity contribution in [3.63, 3.8) is 0 Å². The third kappa shape index (κ3) is 4.01. The van der Waals surface area contributed by atoms with Crippen LogP contribution in [-0.4, -0.2) is 43.9 Å². The number of benzene rings is 1. The lowest BCUT2D eigenvalue weighted by Crippen LogP contribution is -2.40. The molecule has 0 aromatic heterocycles. The van der Waals surface area contributed by atoms with Crippen molar-refractivity contribution >= 4 is 23.5 Å². The highest BCUT2D eigenvalue weighted by Crippen LogP contribution is 2.28. The quantitative estimate of drug-likeness (QED) is 0.677. The number of nitrogens with one attached hydrogen (secondary N) is 1. The molecule has 2 unspecified atom stereocenters. The van der Waals surface area contributed by atoms with E-state index in [2.05, 4.69) is 10.1 Å². The molecule has 1 N–H and O–H groups in total. The van der Waals surface area contributed by atoms with Crippen LogP contribution in [0.1, 0.15) is 23.2 Å². The average molecular weight is 330 g/mol. The van der Waals surface area contributed by atoms with Crippen LogP contribution in [0.4, 0.5) is 5.69 Å². The highest BCUT2D eigenvalue weighted by Gasteiger charge is 2.34. The van der Waals surface area contributed by atoms with Gasteiger partial charge >= 0.3 is 5.97 Å². The molecule has 2 amide bonds. The number of rotatable bonds is 4. The lowest BCUT2D eigenvalue weighted by molar-refractivity contribution is -0.138. The molecule has 0 saturated carbocycles. The molecule has 1 aliphatic rings. The number of allylic oxidation sites excluding steroid dienone is 2. The first-order valence-corrected chi connectivity index (χ1v) is 7.79. The Morgan fingerprint density at radius 3 is 2.17 bits per heavy atom. The molecule has 24 heavy (non-hydrogen) atoms. The first-order chi connectivity index (χ1) is 11.4. The van der Waals surface area contributed by atoms with Crippen LogP contribution in [0.25, 0.3) is 0 Å². The molecule has 1 aromatic rings. The molecule has 0 aliphatic heterocycles. The zero-order valence-corrected chi connectivity index (χ0v) is 14.1. The molecule has 128 valence electrons. The molecule has 0 spiro atoms. The minimum atomic E-state index is -0.429. The Balaban J connectivity index is 2.08. The zero-order chi connectivity index (χ0) is 17.7. The van der Waals surface area contributed by atoms with Crippen LogP contribution in [-0.2, 0) is 14.3 Å². The first kappa shape index (κ1) is 17.7. The summed E-state index contributed by atoms with van der Waals surface area (Å²) in [6.07, 6.45) is 4.98. The van der Waals surface area contributed by atoms with Crippen molar-refractivity contribution in [2.75, 3.05) is 26.5 Å². The molecule has 6 heteroatoms. The van der Waals surface area contributed by atoms with Gasteiger partial charge in [0.05, 0.1) is 24.5 Å². The van der Waals surface area contributed by atoms with Crippen molar-refractivity contribution in [1.82, 2.24) is 4.90 Å². The van der Waals surface area contributed by atoms with Crippen molar-refractivity contribution in [2.24, 2.45) is 11.8 Å². The van der Waals surface area contributed by atoms with Crippen molar-refractivity contribution < 1.29 is 19.1 Å². The van der Waals surface area contributed by atoms with Crippen LogP contribution >= 0.6 is 0 Å². The van der Waals surface area contributed by atoms with Crippen LogP contribution < -0.4 is 5.32 Å². The Morgan fingerprint density at radius 1 is 1.04 bits per heavy atom. The van der Waals surface area contributed by atoms with Crippen LogP contribution in [0.3, 0.4) is 0 Å². The predicted octanol–water partition coefficient (Wildman–Crippen LogP) is 2.08. The molecule has 0 saturated heterocycles. The lowest BCUT2D eigenvalue weighted by atomic mass is 9.81. The maximum absolute atomic E-state index is 12.6. The molecule has 1 aromatic carbocycles. The number of hydrogen-bond acceptors (Lipinski definition) is 4. The number of methoxy groups -OCH3 is 1. The summed E-state index contributed by atoms with van der Waals surface area (Å²) in [5, 5.41) is 2.82. The number of carbonyl (C=O) groups excluding carboxylic acids is 3. The predicted molar refractivity (Wildman–Crippen MR) is 90.5 cm³/mol. The highest BCUT2D eigenvalue weighted by atomic mass is 16.5. The second kappa shape index (κ2) is 7.77. The summed E-state index contributed by atoms with van der Waals surface area (Å²) in [5.41, 5.74) is 0.995. The van der Waals surface area contributed by atoms with Gasteiger partial charge in [-0.2, -0.15) is 0 Å². The molecule has 6 nitrogen and oxygen atoms in total. The maximum atomic E-state index is 12.6. The summed E-state index contributed by atoms with van der Waals surface area (Å²) in [6, 6.07) is 6.46. The van der Waals surface area contributed by atoms with Crippen LogP contribution in [0.15, 0.2) is 36.4 Å². The van der Waals surface area contributed by atoms with Gasteiger partial charge < -0.3 is 15.0 Å². The number of anilines is 1. The Morgan fingerprint density at radius 2 is 1.62 bits per heavy atom. The first-order valence-electron chi connectivity index (χ1n) is 7.79. The van der Waals surface area contributed by atoms with E-state index in [1.54, 1.807) is 38.4 Å². The maximum Gasteiger partial charge on any atom is 0.337 e. The minimum absolute atomic E-state index is 0.0412. The number of esters is 1. The monoisotopic (exact) mass is 330 g/mol. The van der Waals surface area contributed by atoms with Gasteiger partial charge in [-0.25, -0.2) is 4.79 Å². The standard InChI is InChI=1S/C18H22N2O4/c1-20(2)17(22)15-7-5-4-6-14(15)16(21)19-13-10-8-12(9-11-13)18(23)24-3/h4-5,8-11,14-15H,6-7H2,1-3H3,(H,19,21). The van der Waals surface area contributed by atoms with Crippen LogP contribution in [0, 0.1) is 11.8 Å². The van der Waals surface area contributed by atoms with Crippen molar-refractivity contribution in [1.29, 1.82) is 0 Å². The second-order valence-corrected chi connectivity index (χ2v) is 5.95. The van der Waals surface area contributed by atoms with Gasteiger partial charge in [0.1, 0.15) is 0 Å². The molecule has 2 rings (SSSR count). The number of carbonyl (C=O) groups is 3. The summed E-state index contributed by atoms with van der Waals surface area (Å²) in [6.45, 7) is 0. The van der Waals surface area contributed by atoms with Gasteiger partial charge in [0.2, 0.25) is 11.8 Å². The molecule has 1 aliphatic carbocycles. The summed E-state index contributed by atoms with van der Waals surface area (Å²) >= 11 is 0. The van der Waals surface area contributed by atoms with E-state index in [1.165, 1.54) is 12.0 Å². The molecule has 0 fully saturated rings. The van der Waals surface area contributed by atoms with Crippen molar-refractivity contribution in [2.45, 2.75) is 12.8 Å². The summed E-state index contributed by atoms with van der Waals surface area (Å²) in [4.78, 5) is 37.8. The van der Waals surface area contributed by atoms with Gasteiger partial charge in [-0.3, -0.25) is 9.59 Å². The Labute approximate surface area is 141 Å². The average Bonchev–Trinajstić information content (AvgIpc) is 2.60. The Kier molecular flexibility index (Phi) is 5.73. The molecule has 2 atom stereocenters. The van der Waals surface area contributed by atoms with E-state index in [9.17, 15) is 14.4 Å². The van der Waals surface area contributed by atoms with Crippen LogP contribution in [0.2, 0.25) is 0 Å². The summed E-state index contributed by atoms with van der Waals surface area (Å²) in [7, 11) is 4.71. The van der Waals surface area contributed by atoms with E-state index in [-0.39, 0.29) is 17.7 Å². The summed E-state index contributed by atoms with van der Waals surface area (Å²) in [5.74, 6) is -1.41. The van der Waals surface area contributed by atoms with Gasteiger partial charge in [-0.05, 0) is 37.1 Å². The number of ether oxygens (including phenoxy) is 1. The largest absolute Gasteiger partial charge is 0.465 e. The fourth-order valence-corrected chi connectivity index (χ4v) is 2.75. The number of hydrogen-bond donors (Lipinski definition) is 1. The van der Waals surface area contributed by atoms with Crippen molar-refractivity contribution in [3.05, 3.63) is 42.0 Å². The second-order valence-electron chi connectivity index (χ2n) is 5.95. The van der Waals surface area contributed by atoms with E-state index in [0.29, 0.717) is 24.1 Å². The molecule has 0 heterocycles. The highest BCUT2D eigenvalue weighted by molar-refractivity contribution is 5.97. The summed E-state index contributed by atoms with van der Waals surface area (Å²) < 4.78 is 4.64. The van der Waals surface area contributed by atoms with Gasteiger partial charge in [0.15, 0.2) is 0 Å². The van der Waals surface area contributed by atoms with E-state index in [0.717, 1.165) is 0 Å². The SMILES string of the molecule is COC(=O)c1ccc(NC(=O)C2CC=CCC2C(=O)N(C)C)cc1. The Bertz CT molecular complexity index is 649. The van der Waals surface area contributed by atoms with Crippen molar-refractivity contribution in [3.8, 4) is 0 Å². The lowest BCUT2D eigenvalue weighted by Gasteiger charge is -2.28. The van der Waals surface area contributed by atoms with E-state index in [4.69, 9.17) is 0 Å². The fraction of sp³-hybridized carbons (Fsp3) is 0.389. The van der Waals surface area contributed by atoms with Gasteiger partial charge in [-0.1, -0.05) is 12.2 Å². The normalized spacial score (nSPS) is 19.5. The number of amides is 2. The molecular formula is C18H22N2O4.